The number of ether oxygens (including phenoxy) is 4. The number of para-hydroxylation sites is 1. The summed E-state index contributed by atoms with van der Waals surface area (Å²) >= 11 is 0. The normalized spacial score (nSPS) is 15.5. The number of benzene rings is 1. The molecule has 1 saturated heterocycles. The Morgan fingerprint density at radius 1 is 1.15 bits per heavy atom. The van der Waals surface area contributed by atoms with Gasteiger partial charge < -0.3 is 29.0 Å². The van der Waals surface area contributed by atoms with Gasteiger partial charge in [0.15, 0.2) is 11.5 Å². The quantitative estimate of drug-likeness (QED) is 0.705. The highest BCUT2D eigenvalue weighted by molar-refractivity contribution is 5.85. The maximum Gasteiger partial charge on any atom is 0.409 e. The van der Waals surface area contributed by atoms with Crippen molar-refractivity contribution in [2.45, 2.75) is 13.0 Å². The first-order valence-electron chi connectivity index (χ1n) is 8.75. The van der Waals surface area contributed by atoms with Gasteiger partial charge in [-0.25, -0.2) is 4.79 Å². The molecule has 1 heterocycles. The molecule has 154 valence electrons. The average molecular weight is 405 g/mol. The number of rotatable bonds is 8. The van der Waals surface area contributed by atoms with Gasteiger partial charge in [0.25, 0.3) is 0 Å². The van der Waals surface area contributed by atoms with Crippen LogP contribution in [0.1, 0.15) is 6.92 Å². The molecule has 1 aliphatic heterocycles. The number of methoxy groups -OCH3 is 2. The average Bonchev–Trinajstić information content (AvgIpc) is 2.66. The van der Waals surface area contributed by atoms with Gasteiger partial charge in [0.05, 0.1) is 20.8 Å². The third-order valence-electron chi connectivity index (χ3n) is 4.17. The van der Waals surface area contributed by atoms with Crippen molar-refractivity contribution in [1.82, 2.24) is 9.80 Å². The van der Waals surface area contributed by atoms with E-state index in [1.165, 1.54) is 0 Å². The predicted octanol–water partition coefficient (Wildman–Crippen LogP) is 1.64. The lowest BCUT2D eigenvalue weighted by Crippen LogP contribution is -2.51. The van der Waals surface area contributed by atoms with Crippen molar-refractivity contribution in [3.63, 3.8) is 0 Å². The Hall–Kier alpha value is -1.90. The summed E-state index contributed by atoms with van der Waals surface area (Å²) in [5.41, 5.74) is 0. The Kier molecular flexibility index (Phi) is 10.1. The van der Waals surface area contributed by atoms with Crippen molar-refractivity contribution in [3.05, 3.63) is 18.2 Å². The van der Waals surface area contributed by atoms with Crippen molar-refractivity contribution in [2.75, 3.05) is 60.2 Å². The van der Waals surface area contributed by atoms with Gasteiger partial charge in [0, 0.05) is 32.7 Å². The smallest absolute Gasteiger partial charge is 0.409 e. The SMILES string of the molecule is CCOC(=O)N1CCN(CC(O)COc2c(OC)cccc2OC)CC1.Cl. The molecule has 1 fully saturated rings. The summed E-state index contributed by atoms with van der Waals surface area (Å²) in [4.78, 5) is 15.5. The van der Waals surface area contributed by atoms with E-state index in [0.717, 1.165) is 0 Å². The fourth-order valence-electron chi connectivity index (χ4n) is 2.82. The minimum atomic E-state index is -0.668. The maximum atomic E-state index is 11.7. The molecule has 1 aromatic rings. The van der Waals surface area contributed by atoms with E-state index < -0.39 is 6.10 Å². The highest BCUT2D eigenvalue weighted by Gasteiger charge is 2.23. The second-order valence-corrected chi connectivity index (χ2v) is 5.94. The third kappa shape index (κ3) is 6.64. The minimum Gasteiger partial charge on any atom is -0.493 e. The summed E-state index contributed by atoms with van der Waals surface area (Å²) in [5, 5.41) is 10.3. The Morgan fingerprint density at radius 3 is 2.26 bits per heavy atom. The van der Waals surface area contributed by atoms with Crippen LogP contribution >= 0.6 is 12.4 Å². The van der Waals surface area contributed by atoms with Crippen molar-refractivity contribution in [3.8, 4) is 17.2 Å². The van der Waals surface area contributed by atoms with E-state index in [4.69, 9.17) is 18.9 Å². The van der Waals surface area contributed by atoms with E-state index in [1.807, 2.05) is 6.07 Å². The zero-order valence-electron chi connectivity index (χ0n) is 16.1. The monoisotopic (exact) mass is 404 g/mol. The van der Waals surface area contributed by atoms with Crippen molar-refractivity contribution < 1.29 is 28.8 Å². The third-order valence-corrected chi connectivity index (χ3v) is 4.17. The number of piperazine rings is 1. The van der Waals surface area contributed by atoms with E-state index in [0.29, 0.717) is 56.6 Å². The number of amides is 1. The molecule has 0 saturated carbocycles. The van der Waals surface area contributed by atoms with Gasteiger partial charge in [-0.2, -0.15) is 0 Å². The molecule has 0 aliphatic carbocycles. The highest BCUT2D eigenvalue weighted by Crippen LogP contribution is 2.36. The first-order chi connectivity index (χ1) is 12.6. The molecule has 1 unspecified atom stereocenters. The zero-order valence-corrected chi connectivity index (χ0v) is 16.9. The summed E-state index contributed by atoms with van der Waals surface area (Å²) in [7, 11) is 3.11. The lowest BCUT2D eigenvalue weighted by Gasteiger charge is -2.34. The van der Waals surface area contributed by atoms with Crippen LogP contribution in [0, 0.1) is 0 Å². The Morgan fingerprint density at radius 2 is 1.74 bits per heavy atom. The van der Waals surface area contributed by atoms with Crippen LogP contribution in [-0.2, 0) is 4.74 Å². The van der Waals surface area contributed by atoms with Crippen molar-refractivity contribution in [1.29, 1.82) is 0 Å². The van der Waals surface area contributed by atoms with Gasteiger partial charge in [-0.1, -0.05) is 6.07 Å². The van der Waals surface area contributed by atoms with Crippen LogP contribution in [-0.4, -0.2) is 87.3 Å². The summed E-state index contributed by atoms with van der Waals surface area (Å²) in [6, 6.07) is 5.36. The molecule has 1 aliphatic rings. The summed E-state index contributed by atoms with van der Waals surface area (Å²) in [6.07, 6.45) is -0.946. The molecule has 1 amide bonds. The molecule has 0 radical (unpaired) electrons. The molecule has 1 atom stereocenters. The van der Waals surface area contributed by atoms with Crippen LogP contribution < -0.4 is 14.2 Å². The second kappa shape index (κ2) is 11.7. The standard InChI is InChI=1S/C18H28N2O6.ClH/c1-4-25-18(22)20-10-8-19(9-11-20)12-14(21)13-26-17-15(23-2)6-5-7-16(17)24-3;/h5-7,14,21H,4,8-13H2,1-3H3;1H. The van der Waals surface area contributed by atoms with Gasteiger partial charge >= 0.3 is 6.09 Å². The topological polar surface area (TPSA) is 80.7 Å². The maximum absolute atomic E-state index is 11.7. The fourth-order valence-corrected chi connectivity index (χ4v) is 2.82. The molecule has 0 spiro atoms. The largest absolute Gasteiger partial charge is 0.493 e. The van der Waals surface area contributed by atoms with Crippen molar-refractivity contribution in [2.24, 2.45) is 0 Å². The number of aliphatic hydroxyl groups excluding tert-OH is 1. The molecule has 0 bridgehead atoms. The second-order valence-electron chi connectivity index (χ2n) is 5.94. The molecule has 1 N–H and O–H groups in total. The summed E-state index contributed by atoms with van der Waals surface area (Å²) in [5.74, 6) is 1.59. The fraction of sp³-hybridized carbons (Fsp3) is 0.611. The minimum absolute atomic E-state index is 0. The van der Waals surface area contributed by atoms with Gasteiger partial charge in [-0.15, -0.1) is 12.4 Å². The molecule has 9 heteroatoms. The Labute approximate surface area is 166 Å². The van der Waals surface area contributed by atoms with E-state index in [2.05, 4.69) is 4.90 Å². The number of carbonyl (C=O) groups is 1. The van der Waals surface area contributed by atoms with Crippen LogP contribution in [0.5, 0.6) is 17.2 Å². The van der Waals surface area contributed by atoms with E-state index >= 15 is 0 Å². The van der Waals surface area contributed by atoms with Crippen LogP contribution in [0.4, 0.5) is 4.79 Å². The molecule has 8 nitrogen and oxygen atoms in total. The highest BCUT2D eigenvalue weighted by atomic mass is 35.5. The molecule has 0 aromatic heterocycles. The van der Waals surface area contributed by atoms with Crippen LogP contribution in [0.15, 0.2) is 18.2 Å². The van der Waals surface area contributed by atoms with Crippen LogP contribution in [0.25, 0.3) is 0 Å². The van der Waals surface area contributed by atoms with Gasteiger partial charge in [-0.05, 0) is 19.1 Å². The number of carbonyl (C=O) groups excluding carboxylic acids is 1. The number of hydrogen-bond acceptors (Lipinski definition) is 7. The van der Waals surface area contributed by atoms with Crippen molar-refractivity contribution >= 4 is 18.5 Å². The van der Waals surface area contributed by atoms with Crippen LogP contribution in [0.2, 0.25) is 0 Å². The number of aliphatic hydroxyl groups is 1. The van der Waals surface area contributed by atoms with E-state index in [-0.39, 0.29) is 25.1 Å². The molecule has 27 heavy (non-hydrogen) atoms. The zero-order chi connectivity index (χ0) is 18.9. The summed E-state index contributed by atoms with van der Waals surface area (Å²) < 4.78 is 21.3. The number of hydrogen-bond donors (Lipinski definition) is 1. The predicted molar refractivity (Wildman–Crippen MR) is 103 cm³/mol. The molecular weight excluding hydrogens is 376 g/mol. The molecule has 1 aromatic carbocycles. The number of halogens is 1. The molecule has 2 rings (SSSR count). The summed E-state index contributed by atoms with van der Waals surface area (Å²) in [6.45, 7) is 5.31. The lowest BCUT2D eigenvalue weighted by molar-refractivity contribution is 0.0398. The van der Waals surface area contributed by atoms with Crippen LogP contribution in [0.3, 0.4) is 0 Å². The first kappa shape index (κ1) is 23.1. The Balaban J connectivity index is 0.00000364. The van der Waals surface area contributed by atoms with Gasteiger partial charge in [0.1, 0.15) is 12.7 Å². The number of β-amino-alcohol motifs (C(OH)–C–C–N with tert-alkyl or cyclic N) is 1. The van der Waals surface area contributed by atoms with E-state index in [1.54, 1.807) is 38.2 Å². The number of nitrogens with zero attached hydrogens (tertiary/aromatic N) is 2. The van der Waals surface area contributed by atoms with Gasteiger partial charge in [0.2, 0.25) is 5.75 Å². The first-order valence-corrected chi connectivity index (χ1v) is 8.75. The van der Waals surface area contributed by atoms with Gasteiger partial charge in [-0.3, -0.25) is 4.90 Å². The molecular formula is C18H29ClN2O6. The Bertz CT molecular complexity index is 559. The lowest BCUT2D eigenvalue weighted by atomic mass is 10.2. The van der Waals surface area contributed by atoms with E-state index in [9.17, 15) is 9.90 Å².